The third kappa shape index (κ3) is 5.06. The zero-order valence-corrected chi connectivity index (χ0v) is 12.0. The summed E-state index contributed by atoms with van der Waals surface area (Å²) in [4.78, 5) is 11.9. The molecule has 0 saturated heterocycles. The second kappa shape index (κ2) is 8.11. The molecule has 0 spiro atoms. The molecular weight excluding hydrogens is 252 g/mol. The molecule has 0 saturated carbocycles. The highest BCUT2D eigenvalue weighted by Gasteiger charge is 2.14. The molecule has 6 heteroatoms. The van der Waals surface area contributed by atoms with E-state index in [0.29, 0.717) is 18.0 Å². The zero-order valence-electron chi connectivity index (χ0n) is 11.2. The molecule has 1 unspecified atom stereocenters. The van der Waals surface area contributed by atoms with Gasteiger partial charge in [0.2, 0.25) is 0 Å². The summed E-state index contributed by atoms with van der Waals surface area (Å²) in [5.41, 5.74) is 6.23. The standard InChI is InChI=1S/C12H22N4O.ClH/c1-4-16-8-10(7-14-16)12(17)15-11(6-13)5-9(2)3;/h7-9,11H,4-6,13H2,1-3H3,(H,15,17);1H. The number of aromatic nitrogens is 2. The predicted molar refractivity (Wildman–Crippen MR) is 74.9 cm³/mol. The van der Waals surface area contributed by atoms with E-state index in [9.17, 15) is 4.79 Å². The fraction of sp³-hybridized carbons (Fsp3) is 0.667. The molecular formula is C12H23ClN4O. The van der Waals surface area contributed by atoms with Crippen LogP contribution in [0.4, 0.5) is 0 Å². The number of hydrogen-bond donors (Lipinski definition) is 2. The molecule has 1 atom stereocenters. The van der Waals surface area contributed by atoms with Crippen molar-refractivity contribution in [2.24, 2.45) is 11.7 Å². The Kier molecular flexibility index (Phi) is 7.62. The SMILES string of the molecule is CCn1cc(C(=O)NC(CN)CC(C)C)cn1.Cl. The largest absolute Gasteiger partial charge is 0.348 e. The van der Waals surface area contributed by atoms with Gasteiger partial charge in [0, 0.05) is 25.3 Å². The summed E-state index contributed by atoms with van der Waals surface area (Å²) in [5, 5.41) is 7.01. The van der Waals surface area contributed by atoms with Crippen LogP contribution >= 0.6 is 12.4 Å². The number of amides is 1. The summed E-state index contributed by atoms with van der Waals surface area (Å²) in [6.45, 7) is 7.44. The van der Waals surface area contributed by atoms with Crippen LogP contribution in [-0.4, -0.2) is 28.3 Å². The van der Waals surface area contributed by atoms with E-state index in [1.807, 2.05) is 6.92 Å². The fourth-order valence-corrected chi connectivity index (χ4v) is 1.71. The maximum Gasteiger partial charge on any atom is 0.254 e. The molecule has 0 aliphatic carbocycles. The van der Waals surface area contributed by atoms with Crippen LogP contribution in [0.25, 0.3) is 0 Å². The lowest BCUT2D eigenvalue weighted by molar-refractivity contribution is 0.0933. The van der Waals surface area contributed by atoms with Crippen molar-refractivity contribution in [1.29, 1.82) is 0 Å². The van der Waals surface area contributed by atoms with Crippen molar-refractivity contribution in [1.82, 2.24) is 15.1 Å². The van der Waals surface area contributed by atoms with E-state index < -0.39 is 0 Å². The van der Waals surface area contributed by atoms with E-state index in [1.54, 1.807) is 17.1 Å². The second-order valence-electron chi connectivity index (χ2n) is 4.62. The highest BCUT2D eigenvalue weighted by Crippen LogP contribution is 2.05. The minimum absolute atomic E-state index is 0. The van der Waals surface area contributed by atoms with Crippen LogP contribution in [0.2, 0.25) is 0 Å². The highest BCUT2D eigenvalue weighted by molar-refractivity contribution is 5.93. The third-order valence-corrected chi connectivity index (χ3v) is 2.60. The monoisotopic (exact) mass is 274 g/mol. The fourth-order valence-electron chi connectivity index (χ4n) is 1.71. The summed E-state index contributed by atoms with van der Waals surface area (Å²) < 4.78 is 1.73. The Hall–Kier alpha value is -1.07. The van der Waals surface area contributed by atoms with Crippen molar-refractivity contribution in [3.8, 4) is 0 Å². The Labute approximate surface area is 115 Å². The van der Waals surface area contributed by atoms with Crippen molar-refractivity contribution in [3.05, 3.63) is 18.0 Å². The van der Waals surface area contributed by atoms with Gasteiger partial charge in [0.25, 0.3) is 5.91 Å². The Balaban J connectivity index is 0.00000289. The summed E-state index contributed by atoms with van der Waals surface area (Å²) in [6.07, 6.45) is 4.23. The van der Waals surface area contributed by atoms with Crippen molar-refractivity contribution in [2.45, 2.75) is 39.8 Å². The summed E-state index contributed by atoms with van der Waals surface area (Å²) >= 11 is 0. The summed E-state index contributed by atoms with van der Waals surface area (Å²) in [5.74, 6) is 0.419. The smallest absolute Gasteiger partial charge is 0.254 e. The van der Waals surface area contributed by atoms with E-state index in [-0.39, 0.29) is 24.4 Å². The van der Waals surface area contributed by atoms with Crippen molar-refractivity contribution < 1.29 is 4.79 Å². The molecule has 1 aromatic rings. The van der Waals surface area contributed by atoms with Gasteiger partial charge in [-0.1, -0.05) is 13.8 Å². The average molecular weight is 275 g/mol. The number of aryl methyl sites for hydroxylation is 1. The first-order valence-corrected chi connectivity index (χ1v) is 6.10. The molecule has 1 aromatic heterocycles. The third-order valence-electron chi connectivity index (χ3n) is 2.60. The van der Waals surface area contributed by atoms with Gasteiger partial charge in [-0.2, -0.15) is 5.10 Å². The first-order chi connectivity index (χ1) is 8.06. The average Bonchev–Trinajstić information content (AvgIpc) is 2.75. The van der Waals surface area contributed by atoms with Gasteiger partial charge in [-0.15, -0.1) is 12.4 Å². The number of nitrogens with one attached hydrogen (secondary N) is 1. The molecule has 104 valence electrons. The maximum absolute atomic E-state index is 11.9. The number of hydrogen-bond acceptors (Lipinski definition) is 3. The molecule has 0 bridgehead atoms. The number of nitrogens with zero attached hydrogens (tertiary/aromatic N) is 2. The summed E-state index contributed by atoms with van der Waals surface area (Å²) in [7, 11) is 0. The van der Waals surface area contributed by atoms with E-state index in [4.69, 9.17) is 5.73 Å². The van der Waals surface area contributed by atoms with Crippen molar-refractivity contribution in [2.75, 3.05) is 6.54 Å². The topological polar surface area (TPSA) is 72.9 Å². The van der Waals surface area contributed by atoms with Gasteiger partial charge in [-0.25, -0.2) is 0 Å². The van der Waals surface area contributed by atoms with E-state index >= 15 is 0 Å². The van der Waals surface area contributed by atoms with Gasteiger partial charge < -0.3 is 11.1 Å². The van der Waals surface area contributed by atoms with Crippen LogP contribution < -0.4 is 11.1 Å². The zero-order chi connectivity index (χ0) is 12.8. The predicted octanol–water partition coefficient (Wildman–Crippen LogP) is 1.43. The van der Waals surface area contributed by atoms with Gasteiger partial charge in [0.1, 0.15) is 0 Å². The minimum atomic E-state index is -0.0965. The molecule has 1 heterocycles. The number of carbonyl (C=O) groups excluding carboxylic acids is 1. The molecule has 0 aromatic carbocycles. The molecule has 0 aliphatic heterocycles. The highest BCUT2D eigenvalue weighted by atomic mass is 35.5. The molecule has 1 rings (SSSR count). The lowest BCUT2D eigenvalue weighted by Gasteiger charge is -2.18. The van der Waals surface area contributed by atoms with Crippen LogP contribution in [0.1, 0.15) is 37.6 Å². The molecule has 3 N–H and O–H groups in total. The van der Waals surface area contributed by atoms with Gasteiger partial charge in [0.15, 0.2) is 0 Å². The number of carbonyl (C=O) groups is 1. The van der Waals surface area contributed by atoms with Crippen LogP contribution in [0.3, 0.4) is 0 Å². The lowest BCUT2D eigenvalue weighted by atomic mass is 10.0. The molecule has 0 radical (unpaired) electrons. The van der Waals surface area contributed by atoms with Crippen molar-refractivity contribution >= 4 is 18.3 Å². The van der Waals surface area contributed by atoms with Gasteiger partial charge >= 0.3 is 0 Å². The van der Waals surface area contributed by atoms with Gasteiger partial charge in [0.05, 0.1) is 11.8 Å². The Morgan fingerprint density at radius 3 is 2.67 bits per heavy atom. The molecule has 0 fully saturated rings. The van der Waals surface area contributed by atoms with Crippen molar-refractivity contribution in [3.63, 3.8) is 0 Å². The molecule has 0 aliphatic rings. The van der Waals surface area contributed by atoms with Crippen LogP contribution in [0, 0.1) is 5.92 Å². The van der Waals surface area contributed by atoms with Gasteiger partial charge in [-0.05, 0) is 19.3 Å². The minimum Gasteiger partial charge on any atom is -0.348 e. The quantitative estimate of drug-likeness (QED) is 0.824. The second-order valence-corrected chi connectivity index (χ2v) is 4.62. The first kappa shape index (κ1) is 16.9. The number of nitrogens with two attached hydrogens (primary N) is 1. The van der Waals surface area contributed by atoms with Crippen LogP contribution in [-0.2, 0) is 6.54 Å². The summed E-state index contributed by atoms with van der Waals surface area (Å²) in [6, 6.07) is 0.0347. The van der Waals surface area contributed by atoms with Gasteiger partial charge in [-0.3, -0.25) is 9.48 Å². The van der Waals surface area contributed by atoms with Crippen LogP contribution in [0.15, 0.2) is 12.4 Å². The molecule has 18 heavy (non-hydrogen) atoms. The molecule has 1 amide bonds. The molecule has 5 nitrogen and oxygen atoms in total. The Morgan fingerprint density at radius 1 is 1.56 bits per heavy atom. The lowest BCUT2D eigenvalue weighted by Crippen LogP contribution is -2.40. The Morgan fingerprint density at radius 2 is 2.22 bits per heavy atom. The normalized spacial score (nSPS) is 12.1. The number of rotatable bonds is 6. The van der Waals surface area contributed by atoms with E-state index in [2.05, 4.69) is 24.3 Å². The van der Waals surface area contributed by atoms with E-state index in [1.165, 1.54) is 0 Å². The number of halogens is 1. The Bertz CT molecular complexity index is 365. The maximum atomic E-state index is 11.9. The van der Waals surface area contributed by atoms with Crippen LogP contribution in [0.5, 0.6) is 0 Å². The van der Waals surface area contributed by atoms with E-state index in [0.717, 1.165) is 13.0 Å². The first-order valence-electron chi connectivity index (χ1n) is 6.10.